The van der Waals surface area contributed by atoms with Crippen LogP contribution in [0.4, 0.5) is 21.0 Å². The highest BCUT2D eigenvalue weighted by molar-refractivity contribution is 5.96. The van der Waals surface area contributed by atoms with Crippen molar-refractivity contribution < 1.29 is 18.6 Å². The first-order chi connectivity index (χ1) is 25.5. The molecular weight excluding hydrogens is 665 g/mol. The van der Waals surface area contributed by atoms with Gasteiger partial charge >= 0.3 is 12.1 Å². The molecule has 0 aliphatic carbocycles. The van der Waals surface area contributed by atoms with Crippen molar-refractivity contribution in [1.82, 2.24) is 20.1 Å². The van der Waals surface area contributed by atoms with E-state index in [1.807, 2.05) is 135 Å². The van der Waals surface area contributed by atoms with Crippen molar-refractivity contribution in [1.29, 1.82) is 0 Å². The van der Waals surface area contributed by atoms with Gasteiger partial charge < -0.3 is 24.2 Å². The Morgan fingerprint density at radius 2 is 1.08 bits per heavy atom. The maximum Gasteiger partial charge on any atom is 0.324 e. The number of hydrogen-bond donors (Lipinski definition) is 1. The molecule has 4 aromatic carbocycles. The number of aryl methyl sites for hydroxylation is 4. The Balaban J connectivity index is 0.000000173. The van der Waals surface area contributed by atoms with E-state index in [1.54, 1.807) is 14.7 Å². The SMILES string of the molecule is CC.Cc1noc(C)c1-c1ccc2c(c1)C(c1ccccc1)N(C)C(=O)N2.Cc1noc(C)c1-c1ccc2c(c1)C(c1ccccc1)N(C)C(=O)N2C. The third kappa shape index (κ3) is 6.80. The van der Waals surface area contributed by atoms with Crippen molar-refractivity contribution in [3.63, 3.8) is 0 Å². The molecule has 272 valence electrons. The highest BCUT2D eigenvalue weighted by Crippen LogP contribution is 2.43. The van der Waals surface area contributed by atoms with Crippen LogP contribution in [-0.4, -0.2) is 53.3 Å². The van der Waals surface area contributed by atoms with Gasteiger partial charge in [0.2, 0.25) is 0 Å². The van der Waals surface area contributed by atoms with E-state index >= 15 is 0 Å². The molecule has 1 N–H and O–H groups in total. The lowest BCUT2D eigenvalue weighted by Gasteiger charge is -2.39. The van der Waals surface area contributed by atoms with Gasteiger partial charge in [0, 0.05) is 49.1 Å². The van der Waals surface area contributed by atoms with Gasteiger partial charge in [-0.25, -0.2) is 9.59 Å². The molecule has 2 aliphatic rings. The van der Waals surface area contributed by atoms with E-state index in [1.165, 1.54) is 0 Å². The number of benzene rings is 4. The molecule has 0 radical (unpaired) electrons. The number of hydrogen-bond acceptors (Lipinski definition) is 6. The molecule has 8 rings (SSSR count). The lowest BCUT2D eigenvalue weighted by atomic mass is 9.90. The van der Waals surface area contributed by atoms with Crippen LogP contribution in [0.3, 0.4) is 0 Å². The van der Waals surface area contributed by atoms with Crippen LogP contribution in [0.2, 0.25) is 0 Å². The fourth-order valence-electron chi connectivity index (χ4n) is 7.35. The van der Waals surface area contributed by atoms with E-state index < -0.39 is 0 Å². The number of nitrogens with zero attached hydrogens (tertiary/aromatic N) is 5. The van der Waals surface area contributed by atoms with Gasteiger partial charge in [0.1, 0.15) is 11.5 Å². The van der Waals surface area contributed by atoms with Crippen molar-refractivity contribution in [3.8, 4) is 22.3 Å². The minimum Gasteiger partial charge on any atom is -0.361 e. The van der Waals surface area contributed by atoms with Gasteiger partial charge in [0.25, 0.3) is 0 Å². The Bertz CT molecular complexity index is 2210. The van der Waals surface area contributed by atoms with Crippen molar-refractivity contribution in [3.05, 3.63) is 142 Å². The summed E-state index contributed by atoms with van der Waals surface area (Å²) in [6.07, 6.45) is 0. The number of aromatic nitrogens is 2. The Morgan fingerprint density at radius 1 is 0.604 bits per heavy atom. The molecule has 4 amide bonds. The third-order valence-electron chi connectivity index (χ3n) is 9.83. The number of rotatable bonds is 4. The summed E-state index contributed by atoms with van der Waals surface area (Å²) in [4.78, 5) is 30.3. The Hall–Kier alpha value is -6.16. The van der Waals surface area contributed by atoms with Crippen LogP contribution < -0.4 is 10.2 Å². The number of fused-ring (bicyclic) bond motifs is 2. The monoisotopic (exact) mass is 710 g/mol. The molecule has 0 bridgehead atoms. The molecule has 2 aliphatic heterocycles. The fourth-order valence-corrected chi connectivity index (χ4v) is 7.35. The predicted molar refractivity (Wildman–Crippen MR) is 209 cm³/mol. The number of anilines is 2. The fraction of sp³-hybridized carbons (Fsp3) is 0.256. The highest BCUT2D eigenvalue weighted by Gasteiger charge is 2.35. The van der Waals surface area contributed by atoms with E-state index in [2.05, 4.69) is 39.9 Å². The van der Waals surface area contributed by atoms with Crippen LogP contribution in [-0.2, 0) is 0 Å². The van der Waals surface area contributed by atoms with Gasteiger partial charge in [-0.15, -0.1) is 0 Å². The average Bonchev–Trinajstić information content (AvgIpc) is 3.70. The zero-order valence-corrected chi connectivity index (χ0v) is 31.8. The van der Waals surface area contributed by atoms with Crippen molar-refractivity contribution in [2.75, 3.05) is 31.4 Å². The van der Waals surface area contributed by atoms with Crippen molar-refractivity contribution >= 4 is 23.4 Å². The predicted octanol–water partition coefficient (Wildman–Crippen LogP) is 10.1. The topological polar surface area (TPSA) is 108 Å². The Kier molecular flexibility index (Phi) is 10.5. The van der Waals surface area contributed by atoms with Gasteiger partial charge in [0.15, 0.2) is 0 Å². The van der Waals surface area contributed by atoms with Gasteiger partial charge in [-0.3, -0.25) is 4.90 Å². The first kappa shape index (κ1) is 36.6. The van der Waals surface area contributed by atoms with E-state index in [9.17, 15) is 9.59 Å². The molecule has 0 saturated carbocycles. The maximum atomic E-state index is 12.7. The van der Waals surface area contributed by atoms with E-state index in [-0.39, 0.29) is 24.1 Å². The molecule has 2 atom stereocenters. The summed E-state index contributed by atoms with van der Waals surface area (Å²) in [5, 5.41) is 11.1. The van der Waals surface area contributed by atoms with Gasteiger partial charge in [-0.05, 0) is 74.2 Å². The second-order valence-corrected chi connectivity index (χ2v) is 13.1. The second kappa shape index (κ2) is 15.2. The largest absolute Gasteiger partial charge is 0.361 e. The number of carbonyl (C=O) groups is 2. The van der Waals surface area contributed by atoms with Crippen LogP contribution in [0.5, 0.6) is 0 Å². The molecule has 0 spiro atoms. The normalized spacial score (nSPS) is 16.1. The summed E-state index contributed by atoms with van der Waals surface area (Å²) in [5.74, 6) is 1.59. The smallest absolute Gasteiger partial charge is 0.324 e. The molecular formula is C43H46N6O4. The zero-order valence-electron chi connectivity index (χ0n) is 31.8. The Morgan fingerprint density at radius 3 is 1.57 bits per heavy atom. The number of urea groups is 2. The number of nitrogens with one attached hydrogen (secondary N) is 1. The first-order valence-corrected chi connectivity index (χ1v) is 17.8. The highest BCUT2D eigenvalue weighted by atomic mass is 16.5. The summed E-state index contributed by atoms with van der Waals surface area (Å²) >= 11 is 0. The minimum absolute atomic E-state index is 0.0172. The van der Waals surface area contributed by atoms with Gasteiger partial charge in [0.05, 0.1) is 29.2 Å². The molecule has 10 nitrogen and oxygen atoms in total. The zero-order chi connectivity index (χ0) is 38.0. The van der Waals surface area contributed by atoms with Crippen molar-refractivity contribution in [2.45, 2.75) is 53.6 Å². The molecule has 6 aromatic rings. The standard InChI is InChI=1S/C21H21N3O2.C20H19N3O2.C2H6/c1-13-19(14(2)26-22-13)16-10-11-18-17(12-16)20(15-8-6-5-7-9-15)24(4)21(25)23(18)3;1-12-18(13(2)25-22-12)15-9-10-17-16(11-15)19(23(3)20(24)21-17)14-7-5-4-6-8-14;1-2/h5-12,20H,1-4H3;4-11,19H,1-3H3,(H,21,24);1-2H3. The summed E-state index contributed by atoms with van der Waals surface area (Å²) in [6, 6.07) is 32.1. The molecule has 0 fully saturated rings. The number of amides is 4. The first-order valence-electron chi connectivity index (χ1n) is 17.8. The minimum atomic E-state index is -0.134. The lowest BCUT2D eigenvalue weighted by Crippen LogP contribution is -2.46. The lowest BCUT2D eigenvalue weighted by molar-refractivity contribution is 0.202. The van der Waals surface area contributed by atoms with E-state index in [0.717, 1.165) is 78.8 Å². The third-order valence-corrected chi connectivity index (χ3v) is 9.83. The van der Waals surface area contributed by atoms with Crippen LogP contribution in [0.1, 0.15) is 71.1 Å². The van der Waals surface area contributed by atoms with Crippen LogP contribution in [0, 0.1) is 27.7 Å². The van der Waals surface area contributed by atoms with E-state index in [4.69, 9.17) is 9.05 Å². The van der Waals surface area contributed by atoms with Gasteiger partial charge in [-0.2, -0.15) is 0 Å². The molecule has 0 saturated heterocycles. The molecule has 10 heteroatoms. The summed E-state index contributed by atoms with van der Waals surface area (Å²) in [6.45, 7) is 11.7. The van der Waals surface area contributed by atoms with Crippen LogP contribution in [0.15, 0.2) is 106 Å². The second-order valence-electron chi connectivity index (χ2n) is 13.1. The van der Waals surface area contributed by atoms with Crippen LogP contribution in [0.25, 0.3) is 22.3 Å². The average molecular weight is 711 g/mol. The molecule has 4 heterocycles. The molecule has 2 aromatic heterocycles. The summed E-state index contributed by atoms with van der Waals surface area (Å²) < 4.78 is 10.7. The quantitative estimate of drug-likeness (QED) is 0.195. The Labute approximate surface area is 311 Å². The van der Waals surface area contributed by atoms with E-state index in [0.29, 0.717) is 0 Å². The summed E-state index contributed by atoms with van der Waals surface area (Å²) in [7, 11) is 5.48. The van der Waals surface area contributed by atoms with Gasteiger partial charge in [-0.1, -0.05) is 97.0 Å². The summed E-state index contributed by atoms with van der Waals surface area (Å²) in [5.41, 5.74) is 11.9. The molecule has 2 unspecified atom stereocenters. The number of carbonyl (C=O) groups excluding carboxylic acids is 2. The maximum absolute atomic E-state index is 12.7. The van der Waals surface area contributed by atoms with Crippen molar-refractivity contribution in [2.24, 2.45) is 0 Å². The molecule has 53 heavy (non-hydrogen) atoms. The van der Waals surface area contributed by atoms with Crippen LogP contribution >= 0.6 is 0 Å².